The molecule has 1 atom stereocenters. The fourth-order valence-electron chi connectivity index (χ4n) is 2.48. The number of nitrogens with one attached hydrogen (secondary N) is 2. The molecule has 1 saturated heterocycles. The van der Waals surface area contributed by atoms with E-state index in [-0.39, 0.29) is 17.5 Å². The third-order valence-electron chi connectivity index (χ3n) is 3.67. The van der Waals surface area contributed by atoms with Gasteiger partial charge in [-0.2, -0.15) is 0 Å². The highest BCUT2D eigenvalue weighted by Gasteiger charge is 2.22. The maximum atomic E-state index is 12.2. The fourth-order valence-corrected chi connectivity index (χ4v) is 2.48. The van der Waals surface area contributed by atoms with Gasteiger partial charge >= 0.3 is 0 Å². The second-order valence-corrected chi connectivity index (χ2v) is 5.24. The molecule has 6 nitrogen and oxygen atoms in total. The zero-order chi connectivity index (χ0) is 14.7. The second kappa shape index (κ2) is 6.00. The van der Waals surface area contributed by atoms with Gasteiger partial charge in [0, 0.05) is 18.2 Å². The van der Waals surface area contributed by atoms with Crippen molar-refractivity contribution in [3.05, 3.63) is 33.4 Å². The summed E-state index contributed by atoms with van der Waals surface area (Å²) in [6.45, 7) is 5.14. The number of anilines is 1. The van der Waals surface area contributed by atoms with Gasteiger partial charge < -0.3 is 10.6 Å². The van der Waals surface area contributed by atoms with Gasteiger partial charge in [-0.25, -0.2) is 0 Å². The average Bonchev–Trinajstić information content (AvgIpc) is 2.42. The lowest BCUT2D eigenvalue weighted by Gasteiger charge is -2.22. The van der Waals surface area contributed by atoms with Crippen LogP contribution in [0.3, 0.4) is 0 Å². The quantitative estimate of drug-likeness (QED) is 0.655. The van der Waals surface area contributed by atoms with E-state index in [0.29, 0.717) is 17.8 Å². The van der Waals surface area contributed by atoms with Gasteiger partial charge in [-0.05, 0) is 44.9 Å². The SMILES string of the molecule is Cc1cc(C)c([N+](=O)[O-])cc1NC(=O)C1CCCNC1. The largest absolute Gasteiger partial charge is 0.325 e. The first-order valence-corrected chi connectivity index (χ1v) is 6.76. The number of hydrogen-bond acceptors (Lipinski definition) is 4. The predicted molar refractivity (Wildman–Crippen MR) is 76.8 cm³/mol. The molecule has 2 N–H and O–H groups in total. The van der Waals surface area contributed by atoms with E-state index in [9.17, 15) is 14.9 Å². The molecular weight excluding hydrogens is 258 g/mol. The van der Waals surface area contributed by atoms with Crippen molar-refractivity contribution in [2.24, 2.45) is 5.92 Å². The molecular formula is C14H19N3O3. The van der Waals surface area contributed by atoms with Crippen molar-refractivity contribution in [3.63, 3.8) is 0 Å². The molecule has 2 rings (SSSR count). The van der Waals surface area contributed by atoms with Crippen LogP contribution >= 0.6 is 0 Å². The molecule has 1 aliphatic rings. The van der Waals surface area contributed by atoms with E-state index in [1.54, 1.807) is 13.0 Å². The van der Waals surface area contributed by atoms with Crippen LogP contribution in [0.2, 0.25) is 0 Å². The van der Waals surface area contributed by atoms with Gasteiger partial charge in [-0.1, -0.05) is 0 Å². The normalized spacial score (nSPS) is 18.6. The van der Waals surface area contributed by atoms with Crippen LogP contribution in [0.5, 0.6) is 0 Å². The van der Waals surface area contributed by atoms with Crippen molar-refractivity contribution < 1.29 is 9.72 Å². The van der Waals surface area contributed by atoms with Crippen molar-refractivity contribution >= 4 is 17.3 Å². The molecule has 108 valence electrons. The van der Waals surface area contributed by atoms with E-state index < -0.39 is 4.92 Å². The number of aryl methyl sites for hydroxylation is 2. The minimum absolute atomic E-state index is 0.0349. The number of carbonyl (C=O) groups is 1. The van der Waals surface area contributed by atoms with E-state index in [1.807, 2.05) is 6.92 Å². The summed E-state index contributed by atoms with van der Waals surface area (Å²) >= 11 is 0. The number of hydrogen-bond donors (Lipinski definition) is 2. The molecule has 0 bridgehead atoms. The molecule has 1 aromatic carbocycles. The lowest BCUT2D eigenvalue weighted by atomic mass is 9.98. The van der Waals surface area contributed by atoms with Crippen LogP contribution in [0.1, 0.15) is 24.0 Å². The third-order valence-corrected chi connectivity index (χ3v) is 3.67. The Morgan fingerprint density at radius 1 is 1.40 bits per heavy atom. The van der Waals surface area contributed by atoms with Gasteiger partial charge in [0.1, 0.15) is 0 Å². The number of nitrogens with zero attached hydrogens (tertiary/aromatic N) is 1. The van der Waals surface area contributed by atoms with Crippen molar-refractivity contribution in [1.29, 1.82) is 0 Å². The molecule has 1 aliphatic heterocycles. The molecule has 20 heavy (non-hydrogen) atoms. The highest BCUT2D eigenvalue weighted by Crippen LogP contribution is 2.27. The minimum Gasteiger partial charge on any atom is -0.325 e. The number of nitro groups is 1. The third kappa shape index (κ3) is 3.14. The smallest absolute Gasteiger partial charge is 0.274 e. The average molecular weight is 277 g/mol. The summed E-state index contributed by atoms with van der Waals surface area (Å²) < 4.78 is 0. The van der Waals surface area contributed by atoms with Crippen molar-refractivity contribution in [2.75, 3.05) is 18.4 Å². The van der Waals surface area contributed by atoms with Crippen molar-refractivity contribution in [2.45, 2.75) is 26.7 Å². The number of benzene rings is 1. The van der Waals surface area contributed by atoms with E-state index in [2.05, 4.69) is 10.6 Å². The van der Waals surface area contributed by atoms with Gasteiger partial charge in [0.25, 0.3) is 5.69 Å². The first kappa shape index (κ1) is 14.5. The lowest BCUT2D eigenvalue weighted by Crippen LogP contribution is -2.37. The number of rotatable bonds is 3. The molecule has 6 heteroatoms. The summed E-state index contributed by atoms with van der Waals surface area (Å²) in [6.07, 6.45) is 1.83. The van der Waals surface area contributed by atoms with Gasteiger partial charge in [0.2, 0.25) is 5.91 Å². The number of piperidine rings is 1. The van der Waals surface area contributed by atoms with Crippen LogP contribution in [-0.4, -0.2) is 23.9 Å². The molecule has 0 aliphatic carbocycles. The first-order chi connectivity index (χ1) is 9.49. The van der Waals surface area contributed by atoms with Crippen molar-refractivity contribution in [1.82, 2.24) is 5.32 Å². The summed E-state index contributed by atoms with van der Waals surface area (Å²) in [6, 6.07) is 3.17. The summed E-state index contributed by atoms with van der Waals surface area (Å²) in [5.74, 6) is -0.137. The maximum absolute atomic E-state index is 12.2. The summed E-state index contributed by atoms with van der Waals surface area (Å²) in [5.41, 5.74) is 2.00. The van der Waals surface area contributed by atoms with Crippen LogP contribution in [0.15, 0.2) is 12.1 Å². The Morgan fingerprint density at radius 2 is 2.15 bits per heavy atom. The second-order valence-electron chi connectivity index (χ2n) is 5.24. The number of nitro benzene ring substituents is 1. The van der Waals surface area contributed by atoms with Gasteiger partial charge in [0.05, 0.1) is 16.5 Å². The van der Waals surface area contributed by atoms with E-state index >= 15 is 0 Å². The fraction of sp³-hybridized carbons (Fsp3) is 0.500. The molecule has 0 radical (unpaired) electrons. The van der Waals surface area contributed by atoms with Gasteiger partial charge in [-0.3, -0.25) is 14.9 Å². The van der Waals surface area contributed by atoms with Crippen LogP contribution in [-0.2, 0) is 4.79 Å². The standard InChI is InChI=1S/C14H19N3O3/c1-9-6-10(2)13(17(19)20)7-12(9)16-14(18)11-4-3-5-15-8-11/h6-7,11,15H,3-5,8H2,1-2H3,(H,16,18). The lowest BCUT2D eigenvalue weighted by molar-refractivity contribution is -0.385. The summed E-state index contributed by atoms with van der Waals surface area (Å²) in [7, 11) is 0. The molecule has 1 fully saturated rings. The maximum Gasteiger partial charge on any atom is 0.274 e. The molecule has 0 spiro atoms. The summed E-state index contributed by atoms with van der Waals surface area (Å²) in [5, 5.41) is 17.0. The Balaban J connectivity index is 2.18. The van der Waals surface area contributed by atoms with E-state index in [4.69, 9.17) is 0 Å². The monoisotopic (exact) mass is 277 g/mol. The highest BCUT2D eigenvalue weighted by atomic mass is 16.6. The topological polar surface area (TPSA) is 84.3 Å². The Kier molecular flexibility index (Phi) is 4.34. The zero-order valence-electron chi connectivity index (χ0n) is 11.7. The zero-order valence-corrected chi connectivity index (χ0v) is 11.7. The minimum atomic E-state index is -0.424. The van der Waals surface area contributed by atoms with Gasteiger partial charge in [0.15, 0.2) is 0 Å². The first-order valence-electron chi connectivity index (χ1n) is 6.76. The Labute approximate surface area is 117 Å². The van der Waals surface area contributed by atoms with Crippen LogP contribution < -0.4 is 10.6 Å². The molecule has 0 saturated carbocycles. The van der Waals surface area contributed by atoms with Crippen LogP contribution in [0.25, 0.3) is 0 Å². The summed E-state index contributed by atoms with van der Waals surface area (Å²) in [4.78, 5) is 22.7. The number of amides is 1. The molecule has 1 unspecified atom stereocenters. The van der Waals surface area contributed by atoms with Crippen LogP contribution in [0.4, 0.5) is 11.4 Å². The molecule has 1 heterocycles. The van der Waals surface area contributed by atoms with Gasteiger partial charge in [-0.15, -0.1) is 0 Å². The van der Waals surface area contributed by atoms with Crippen LogP contribution in [0, 0.1) is 29.9 Å². The molecule has 0 aromatic heterocycles. The molecule has 1 amide bonds. The van der Waals surface area contributed by atoms with E-state index in [1.165, 1.54) is 6.07 Å². The molecule has 1 aromatic rings. The van der Waals surface area contributed by atoms with Crippen molar-refractivity contribution in [3.8, 4) is 0 Å². The predicted octanol–water partition coefficient (Wildman–Crippen LogP) is 2.15. The highest BCUT2D eigenvalue weighted by molar-refractivity contribution is 5.94. The Hall–Kier alpha value is -1.95. The Morgan fingerprint density at radius 3 is 2.75 bits per heavy atom. The van der Waals surface area contributed by atoms with E-state index in [0.717, 1.165) is 24.9 Å². The number of carbonyl (C=O) groups excluding carboxylic acids is 1. The Bertz CT molecular complexity index is 537.